The number of rotatable bonds is 2. The highest BCUT2D eigenvalue weighted by Crippen LogP contribution is 2.25. The number of hydrogen-bond acceptors (Lipinski definition) is 3. The Balaban J connectivity index is 1.84. The van der Waals surface area contributed by atoms with Crippen molar-refractivity contribution in [3.63, 3.8) is 0 Å². The fourth-order valence-corrected chi connectivity index (χ4v) is 2.85. The summed E-state index contributed by atoms with van der Waals surface area (Å²) in [4.78, 5) is 13.9. The SMILES string of the molecule is Cc1ccc(-c2ncc3cc(Cl)ccc3n2)nc1-c1ccccc1. The third kappa shape index (κ3) is 2.74. The molecule has 0 amide bonds. The smallest absolute Gasteiger partial charge is 0.178 e. The predicted octanol–water partition coefficient (Wildman–Crippen LogP) is 5.32. The molecule has 0 aliphatic heterocycles. The second-order valence-corrected chi connectivity index (χ2v) is 6.06. The molecule has 0 atom stereocenters. The number of aryl methyl sites for hydroxylation is 1. The highest BCUT2D eigenvalue weighted by Gasteiger charge is 2.09. The van der Waals surface area contributed by atoms with Gasteiger partial charge in [0.2, 0.25) is 0 Å². The van der Waals surface area contributed by atoms with Crippen molar-refractivity contribution in [2.24, 2.45) is 0 Å². The molecule has 0 unspecified atom stereocenters. The molecule has 116 valence electrons. The van der Waals surface area contributed by atoms with Crippen LogP contribution in [0.15, 0.2) is 66.9 Å². The minimum atomic E-state index is 0.613. The first kappa shape index (κ1) is 14.8. The first-order valence-corrected chi connectivity index (χ1v) is 8.04. The monoisotopic (exact) mass is 331 g/mol. The first-order chi connectivity index (χ1) is 11.7. The molecule has 0 saturated carbocycles. The topological polar surface area (TPSA) is 38.7 Å². The molecule has 0 N–H and O–H groups in total. The summed E-state index contributed by atoms with van der Waals surface area (Å²) in [7, 11) is 0. The van der Waals surface area contributed by atoms with E-state index in [2.05, 4.69) is 35.1 Å². The molecular weight excluding hydrogens is 318 g/mol. The molecular formula is C20H14ClN3. The van der Waals surface area contributed by atoms with Crippen LogP contribution >= 0.6 is 11.6 Å². The van der Waals surface area contributed by atoms with E-state index in [4.69, 9.17) is 16.6 Å². The van der Waals surface area contributed by atoms with Gasteiger partial charge in [-0.2, -0.15) is 0 Å². The Morgan fingerprint density at radius 3 is 2.54 bits per heavy atom. The van der Waals surface area contributed by atoms with Gasteiger partial charge in [0.25, 0.3) is 0 Å². The average Bonchev–Trinajstić information content (AvgIpc) is 2.62. The maximum atomic E-state index is 6.01. The van der Waals surface area contributed by atoms with Crippen LogP contribution in [0.1, 0.15) is 5.56 Å². The van der Waals surface area contributed by atoms with Crippen LogP contribution in [0.2, 0.25) is 5.02 Å². The van der Waals surface area contributed by atoms with Gasteiger partial charge in [0.15, 0.2) is 5.82 Å². The Morgan fingerprint density at radius 2 is 1.71 bits per heavy atom. The van der Waals surface area contributed by atoms with Crippen LogP contribution in [-0.4, -0.2) is 15.0 Å². The number of hydrogen-bond donors (Lipinski definition) is 0. The Bertz CT molecular complexity index is 1030. The number of nitrogens with zero attached hydrogens (tertiary/aromatic N) is 3. The maximum absolute atomic E-state index is 6.01. The van der Waals surface area contributed by atoms with Crippen molar-refractivity contribution >= 4 is 22.5 Å². The van der Waals surface area contributed by atoms with Gasteiger partial charge in [-0.3, -0.25) is 0 Å². The Kier molecular flexibility index (Phi) is 3.71. The summed E-state index contributed by atoms with van der Waals surface area (Å²) in [6.07, 6.45) is 1.78. The van der Waals surface area contributed by atoms with Gasteiger partial charge in [-0.15, -0.1) is 0 Å². The zero-order valence-electron chi connectivity index (χ0n) is 13.1. The van der Waals surface area contributed by atoms with Gasteiger partial charge in [0.05, 0.1) is 11.2 Å². The Labute approximate surface area is 145 Å². The third-order valence-corrected chi connectivity index (χ3v) is 4.15. The average molecular weight is 332 g/mol. The molecule has 3 nitrogen and oxygen atoms in total. The lowest BCUT2D eigenvalue weighted by Crippen LogP contribution is -1.96. The molecule has 4 heteroatoms. The van der Waals surface area contributed by atoms with Crippen molar-refractivity contribution in [1.29, 1.82) is 0 Å². The van der Waals surface area contributed by atoms with E-state index in [1.807, 2.05) is 42.5 Å². The summed E-state index contributed by atoms with van der Waals surface area (Å²) >= 11 is 6.01. The lowest BCUT2D eigenvalue weighted by atomic mass is 10.1. The summed E-state index contributed by atoms with van der Waals surface area (Å²) in [5, 5.41) is 1.60. The highest BCUT2D eigenvalue weighted by molar-refractivity contribution is 6.31. The van der Waals surface area contributed by atoms with Crippen LogP contribution < -0.4 is 0 Å². The first-order valence-electron chi connectivity index (χ1n) is 7.66. The zero-order chi connectivity index (χ0) is 16.5. The summed E-state index contributed by atoms with van der Waals surface area (Å²) in [5.41, 5.74) is 4.78. The van der Waals surface area contributed by atoms with E-state index >= 15 is 0 Å². The fourth-order valence-electron chi connectivity index (χ4n) is 2.67. The molecule has 0 radical (unpaired) electrons. The van der Waals surface area contributed by atoms with E-state index in [1.54, 1.807) is 6.20 Å². The van der Waals surface area contributed by atoms with Gasteiger partial charge in [0.1, 0.15) is 5.69 Å². The molecule has 0 saturated heterocycles. The number of pyridine rings is 1. The summed E-state index contributed by atoms with van der Waals surface area (Å²) < 4.78 is 0. The minimum Gasteiger partial charge on any atom is -0.244 e. The van der Waals surface area contributed by atoms with E-state index in [0.29, 0.717) is 10.8 Å². The number of benzene rings is 2. The maximum Gasteiger partial charge on any atom is 0.178 e. The van der Waals surface area contributed by atoms with Gasteiger partial charge in [-0.1, -0.05) is 48.0 Å². The van der Waals surface area contributed by atoms with Gasteiger partial charge in [0, 0.05) is 22.2 Å². The van der Waals surface area contributed by atoms with E-state index in [-0.39, 0.29) is 0 Å². The van der Waals surface area contributed by atoms with Crippen molar-refractivity contribution in [1.82, 2.24) is 15.0 Å². The Morgan fingerprint density at radius 1 is 0.875 bits per heavy atom. The van der Waals surface area contributed by atoms with E-state index in [1.165, 1.54) is 0 Å². The quantitative estimate of drug-likeness (QED) is 0.499. The molecule has 2 heterocycles. The predicted molar refractivity (Wildman–Crippen MR) is 98.0 cm³/mol. The molecule has 0 fully saturated rings. The molecule has 0 spiro atoms. The van der Waals surface area contributed by atoms with Crippen molar-refractivity contribution in [2.75, 3.05) is 0 Å². The second kappa shape index (κ2) is 6.02. The fraction of sp³-hybridized carbons (Fsp3) is 0.0500. The van der Waals surface area contributed by atoms with Crippen LogP contribution in [0.25, 0.3) is 33.7 Å². The van der Waals surface area contributed by atoms with Crippen LogP contribution in [0, 0.1) is 6.92 Å². The normalized spacial score (nSPS) is 10.9. The van der Waals surface area contributed by atoms with Crippen molar-refractivity contribution in [3.8, 4) is 22.8 Å². The number of aromatic nitrogens is 3. The molecule has 4 rings (SSSR count). The molecule has 0 aliphatic carbocycles. The summed E-state index contributed by atoms with van der Waals surface area (Å²) in [6, 6.07) is 19.7. The van der Waals surface area contributed by atoms with E-state index in [9.17, 15) is 0 Å². The Hall–Kier alpha value is -2.78. The lowest BCUT2D eigenvalue weighted by Gasteiger charge is -2.08. The molecule has 24 heavy (non-hydrogen) atoms. The van der Waals surface area contributed by atoms with Gasteiger partial charge >= 0.3 is 0 Å². The standard InChI is InChI=1S/C20H14ClN3/c1-13-7-9-18(23-19(13)14-5-3-2-4-6-14)20-22-12-15-11-16(21)8-10-17(15)24-20/h2-12H,1H3. The zero-order valence-corrected chi connectivity index (χ0v) is 13.8. The van der Waals surface area contributed by atoms with Crippen LogP contribution in [0.4, 0.5) is 0 Å². The molecule has 2 aromatic carbocycles. The van der Waals surface area contributed by atoms with Crippen LogP contribution in [0.5, 0.6) is 0 Å². The van der Waals surface area contributed by atoms with E-state index < -0.39 is 0 Å². The molecule has 2 aromatic heterocycles. The largest absolute Gasteiger partial charge is 0.244 e. The van der Waals surface area contributed by atoms with Crippen molar-refractivity contribution in [2.45, 2.75) is 6.92 Å². The van der Waals surface area contributed by atoms with Gasteiger partial charge in [-0.25, -0.2) is 15.0 Å². The summed E-state index contributed by atoms with van der Waals surface area (Å²) in [6.45, 7) is 2.06. The molecule has 0 aliphatic rings. The van der Waals surface area contributed by atoms with E-state index in [0.717, 1.165) is 33.4 Å². The molecule has 0 bridgehead atoms. The van der Waals surface area contributed by atoms with Crippen LogP contribution in [-0.2, 0) is 0 Å². The minimum absolute atomic E-state index is 0.613. The van der Waals surface area contributed by atoms with Gasteiger partial charge in [-0.05, 0) is 36.8 Å². The summed E-state index contributed by atoms with van der Waals surface area (Å²) in [5.74, 6) is 0.613. The van der Waals surface area contributed by atoms with Gasteiger partial charge < -0.3 is 0 Å². The third-order valence-electron chi connectivity index (χ3n) is 3.92. The number of halogens is 1. The van der Waals surface area contributed by atoms with Crippen molar-refractivity contribution < 1.29 is 0 Å². The highest BCUT2D eigenvalue weighted by atomic mass is 35.5. The van der Waals surface area contributed by atoms with Crippen LogP contribution in [0.3, 0.4) is 0 Å². The van der Waals surface area contributed by atoms with Crippen molar-refractivity contribution in [3.05, 3.63) is 77.4 Å². The molecule has 4 aromatic rings. The number of fused-ring (bicyclic) bond motifs is 1. The lowest BCUT2D eigenvalue weighted by molar-refractivity contribution is 1.17. The second-order valence-electron chi connectivity index (χ2n) is 5.62.